The van der Waals surface area contributed by atoms with Crippen LogP contribution >= 0.6 is 11.8 Å². The largest absolute Gasteiger partial charge is 0.491 e. The van der Waals surface area contributed by atoms with E-state index in [0.29, 0.717) is 13.0 Å². The molecular weight excluding hydrogens is 330 g/mol. The fourth-order valence-electron chi connectivity index (χ4n) is 2.43. The molecule has 0 heterocycles. The number of carbonyl (C=O) groups is 1. The molecular formula is C21H27NO2S. The molecule has 0 atom stereocenters. The Balaban J connectivity index is 1.60. The lowest BCUT2D eigenvalue weighted by molar-refractivity contribution is -0.120. The molecule has 0 saturated carbocycles. The predicted octanol–water partition coefficient (Wildman–Crippen LogP) is 4.71. The number of amides is 1. The van der Waals surface area contributed by atoms with Crippen LogP contribution < -0.4 is 10.1 Å². The predicted molar refractivity (Wildman–Crippen MR) is 105 cm³/mol. The number of hydrogen-bond acceptors (Lipinski definition) is 3. The molecule has 4 heteroatoms. The Morgan fingerprint density at radius 3 is 2.68 bits per heavy atom. The van der Waals surface area contributed by atoms with Crippen LogP contribution in [-0.4, -0.2) is 24.3 Å². The normalized spacial score (nSPS) is 10.7. The maximum Gasteiger partial charge on any atom is 0.220 e. The van der Waals surface area contributed by atoms with Crippen LogP contribution in [0.1, 0.15) is 32.3 Å². The Labute approximate surface area is 155 Å². The second-order valence-corrected chi connectivity index (χ2v) is 7.35. The summed E-state index contributed by atoms with van der Waals surface area (Å²) in [4.78, 5) is 13.1. The molecule has 0 spiro atoms. The first kappa shape index (κ1) is 19.4. The Morgan fingerprint density at radius 2 is 1.92 bits per heavy atom. The fourth-order valence-corrected chi connectivity index (χ4v) is 3.31. The van der Waals surface area contributed by atoms with E-state index in [-0.39, 0.29) is 12.0 Å². The molecule has 25 heavy (non-hydrogen) atoms. The number of benzene rings is 2. The highest BCUT2D eigenvalue weighted by atomic mass is 32.2. The maximum atomic E-state index is 11.9. The molecule has 1 amide bonds. The van der Waals surface area contributed by atoms with Crippen LogP contribution in [0.25, 0.3) is 0 Å². The molecule has 1 N–H and O–H groups in total. The van der Waals surface area contributed by atoms with Gasteiger partial charge >= 0.3 is 0 Å². The molecule has 0 saturated heterocycles. The lowest BCUT2D eigenvalue weighted by atomic mass is 10.1. The smallest absolute Gasteiger partial charge is 0.220 e. The number of thioether (sulfide) groups is 1. The average molecular weight is 358 g/mol. The van der Waals surface area contributed by atoms with Gasteiger partial charge in [-0.05, 0) is 56.5 Å². The Bertz CT molecular complexity index is 643. The molecule has 0 aromatic heterocycles. The minimum Gasteiger partial charge on any atom is -0.491 e. The SMILES string of the molecule is CC(C)Oc1cccc(CCCNC(=O)CCSc2ccccc2)c1. The third kappa shape index (κ3) is 8.12. The van der Waals surface area contributed by atoms with Crippen molar-refractivity contribution in [1.29, 1.82) is 0 Å². The first-order valence-corrected chi connectivity index (χ1v) is 9.82. The van der Waals surface area contributed by atoms with Crippen molar-refractivity contribution >= 4 is 17.7 Å². The van der Waals surface area contributed by atoms with Crippen molar-refractivity contribution in [3.63, 3.8) is 0 Å². The van der Waals surface area contributed by atoms with Gasteiger partial charge in [-0.3, -0.25) is 4.79 Å². The van der Waals surface area contributed by atoms with Crippen LogP contribution in [0.5, 0.6) is 5.75 Å². The van der Waals surface area contributed by atoms with Crippen LogP contribution in [0.3, 0.4) is 0 Å². The molecule has 0 aliphatic rings. The standard InChI is InChI=1S/C21H27NO2S/c1-17(2)24-19-10-6-8-18(16-19)9-7-14-22-21(23)13-15-25-20-11-4-3-5-12-20/h3-6,8,10-12,16-17H,7,9,13-15H2,1-2H3,(H,22,23). The average Bonchev–Trinajstić information content (AvgIpc) is 2.59. The molecule has 2 aromatic carbocycles. The number of ether oxygens (including phenoxy) is 1. The van der Waals surface area contributed by atoms with Gasteiger partial charge in [-0.25, -0.2) is 0 Å². The van der Waals surface area contributed by atoms with Crippen LogP contribution in [0.15, 0.2) is 59.5 Å². The minimum atomic E-state index is 0.125. The van der Waals surface area contributed by atoms with Gasteiger partial charge in [0.25, 0.3) is 0 Å². The van der Waals surface area contributed by atoms with Crippen molar-refractivity contribution in [3.8, 4) is 5.75 Å². The Hall–Kier alpha value is -1.94. The van der Waals surface area contributed by atoms with E-state index < -0.39 is 0 Å². The quantitative estimate of drug-likeness (QED) is 0.494. The van der Waals surface area contributed by atoms with Gasteiger partial charge in [0.05, 0.1) is 6.10 Å². The zero-order valence-electron chi connectivity index (χ0n) is 15.0. The van der Waals surface area contributed by atoms with E-state index in [0.717, 1.165) is 24.3 Å². The molecule has 2 rings (SSSR count). The number of rotatable bonds is 10. The van der Waals surface area contributed by atoms with E-state index in [1.807, 2.05) is 44.2 Å². The van der Waals surface area contributed by atoms with Crippen molar-refractivity contribution in [3.05, 3.63) is 60.2 Å². The monoisotopic (exact) mass is 357 g/mol. The van der Waals surface area contributed by atoms with Gasteiger partial charge in [0, 0.05) is 23.6 Å². The first-order chi connectivity index (χ1) is 12.1. The minimum absolute atomic E-state index is 0.125. The summed E-state index contributed by atoms with van der Waals surface area (Å²) in [5.74, 6) is 1.85. The van der Waals surface area contributed by atoms with Gasteiger partial charge in [0.2, 0.25) is 5.91 Å². The molecule has 0 fully saturated rings. The van der Waals surface area contributed by atoms with Gasteiger partial charge < -0.3 is 10.1 Å². The molecule has 0 radical (unpaired) electrons. The summed E-state index contributed by atoms with van der Waals surface area (Å²) < 4.78 is 5.71. The number of aryl methyl sites for hydroxylation is 1. The molecule has 134 valence electrons. The van der Waals surface area contributed by atoms with Crippen LogP contribution in [0.2, 0.25) is 0 Å². The molecule has 0 aliphatic carbocycles. The molecule has 3 nitrogen and oxygen atoms in total. The van der Waals surface area contributed by atoms with Crippen molar-refractivity contribution in [2.45, 2.75) is 44.1 Å². The molecule has 0 unspecified atom stereocenters. The molecule has 0 bridgehead atoms. The summed E-state index contributed by atoms with van der Waals surface area (Å²) in [5, 5.41) is 3.00. The highest BCUT2D eigenvalue weighted by molar-refractivity contribution is 7.99. The summed E-state index contributed by atoms with van der Waals surface area (Å²) in [6.45, 7) is 4.76. The lowest BCUT2D eigenvalue weighted by Gasteiger charge is -2.11. The second-order valence-electron chi connectivity index (χ2n) is 6.18. The second kappa shape index (κ2) is 10.8. The summed E-state index contributed by atoms with van der Waals surface area (Å²) in [6.07, 6.45) is 2.61. The van der Waals surface area contributed by atoms with Gasteiger partial charge in [-0.15, -0.1) is 11.8 Å². The van der Waals surface area contributed by atoms with E-state index in [2.05, 4.69) is 29.6 Å². The molecule has 0 aliphatic heterocycles. The topological polar surface area (TPSA) is 38.3 Å². The van der Waals surface area contributed by atoms with Crippen LogP contribution in [0.4, 0.5) is 0 Å². The van der Waals surface area contributed by atoms with Gasteiger partial charge in [-0.2, -0.15) is 0 Å². The molecule has 2 aromatic rings. The van der Waals surface area contributed by atoms with Crippen molar-refractivity contribution in [1.82, 2.24) is 5.32 Å². The Kier molecular flexibility index (Phi) is 8.40. The summed E-state index contributed by atoms with van der Waals surface area (Å²) in [5.41, 5.74) is 1.24. The summed E-state index contributed by atoms with van der Waals surface area (Å²) in [6, 6.07) is 18.4. The third-order valence-electron chi connectivity index (χ3n) is 3.58. The first-order valence-electron chi connectivity index (χ1n) is 8.83. The van der Waals surface area contributed by atoms with Crippen LogP contribution in [0, 0.1) is 0 Å². The van der Waals surface area contributed by atoms with Gasteiger partial charge in [0.1, 0.15) is 5.75 Å². The number of nitrogens with one attached hydrogen (secondary N) is 1. The van der Waals surface area contributed by atoms with E-state index in [1.165, 1.54) is 10.5 Å². The zero-order valence-corrected chi connectivity index (χ0v) is 15.9. The summed E-state index contributed by atoms with van der Waals surface area (Å²) >= 11 is 1.72. The fraction of sp³-hybridized carbons (Fsp3) is 0.381. The Morgan fingerprint density at radius 1 is 1.12 bits per heavy atom. The highest BCUT2D eigenvalue weighted by Crippen LogP contribution is 2.18. The van der Waals surface area contributed by atoms with E-state index in [4.69, 9.17) is 4.74 Å². The summed E-state index contributed by atoms with van der Waals surface area (Å²) in [7, 11) is 0. The highest BCUT2D eigenvalue weighted by Gasteiger charge is 2.03. The van der Waals surface area contributed by atoms with E-state index in [9.17, 15) is 4.79 Å². The number of carbonyl (C=O) groups excluding carboxylic acids is 1. The van der Waals surface area contributed by atoms with Crippen molar-refractivity contribution in [2.24, 2.45) is 0 Å². The van der Waals surface area contributed by atoms with Crippen molar-refractivity contribution < 1.29 is 9.53 Å². The van der Waals surface area contributed by atoms with Gasteiger partial charge in [0.15, 0.2) is 0 Å². The maximum absolute atomic E-state index is 11.9. The number of hydrogen-bond donors (Lipinski definition) is 1. The van der Waals surface area contributed by atoms with Crippen molar-refractivity contribution in [2.75, 3.05) is 12.3 Å². The zero-order chi connectivity index (χ0) is 17.9. The van der Waals surface area contributed by atoms with Gasteiger partial charge in [-0.1, -0.05) is 30.3 Å². The van der Waals surface area contributed by atoms with Crippen LogP contribution in [-0.2, 0) is 11.2 Å². The third-order valence-corrected chi connectivity index (χ3v) is 4.59. The lowest BCUT2D eigenvalue weighted by Crippen LogP contribution is -2.24. The van der Waals surface area contributed by atoms with E-state index >= 15 is 0 Å². The van der Waals surface area contributed by atoms with E-state index in [1.54, 1.807) is 11.8 Å².